The fourth-order valence-electron chi connectivity index (χ4n) is 3.85. The van der Waals surface area contributed by atoms with Gasteiger partial charge in [0.25, 0.3) is 5.56 Å². The van der Waals surface area contributed by atoms with Gasteiger partial charge in [0.15, 0.2) is 5.78 Å². The summed E-state index contributed by atoms with van der Waals surface area (Å²) < 4.78 is 28.5. The van der Waals surface area contributed by atoms with Gasteiger partial charge < -0.3 is 4.90 Å². The number of ketones is 1. The minimum Gasteiger partial charge on any atom is -0.341 e. The van der Waals surface area contributed by atoms with Gasteiger partial charge in [0, 0.05) is 30.6 Å². The monoisotopic (exact) mass is 437 g/mol. The quantitative estimate of drug-likeness (QED) is 0.574. The average molecular weight is 437 g/mol. The van der Waals surface area contributed by atoms with Crippen molar-refractivity contribution >= 4 is 11.7 Å². The maximum atomic E-state index is 13.9. The molecule has 0 unspecified atom stereocenters. The Bertz CT molecular complexity index is 1200. The van der Waals surface area contributed by atoms with Crippen LogP contribution in [0.25, 0.3) is 11.3 Å². The third-order valence-electron chi connectivity index (χ3n) is 5.63. The highest BCUT2D eigenvalue weighted by atomic mass is 19.1. The SMILES string of the molecule is O=C(c1cc(F)ccc1F)C1CCN(C(=O)Cn2nc(-c3ccccc3)ccc2=O)CC1. The lowest BCUT2D eigenvalue weighted by atomic mass is 9.88. The number of aromatic nitrogens is 2. The van der Waals surface area contributed by atoms with E-state index in [1.165, 1.54) is 6.07 Å². The topological polar surface area (TPSA) is 72.3 Å². The van der Waals surface area contributed by atoms with Crippen molar-refractivity contribution in [2.75, 3.05) is 13.1 Å². The number of nitrogens with zero attached hydrogens (tertiary/aromatic N) is 3. The van der Waals surface area contributed by atoms with Crippen molar-refractivity contribution in [3.63, 3.8) is 0 Å². The number of rotatable bonds is 5. The van der Waals surface area contributed by atoms with Crippen molar-refractivity contribution in [1.82, 2.24) is 14.7 Å². The molecular weight excluding hydrogens is 416 g/mol. The van der Waals surface area contributed by atoms with Crippen LogP contribution < -0.4 is 5.56 Å². The van der Waals surface area contributed by atoms with E-state index in [2.05, 4.69) is 5.10 Å². The van der Waals surface area contributed by atoms with Crippen molar-refractivity contribution in [1.29, 1.82) is 0 Å². The first-order chi connectivity index (χ1) is 15.4. The predicted octanol–water partition coefficient (Wildman–Crippen LogP) is 3.31. The molecule has 0 saturated carbocycles. The third kappa shape index (κ3) is 4.64. The Labute approximate surface area is 183 Å². The van der Waals surface area contributed by atoms with Crippen LogP contribution in [0.2, 0.25) is 0 Å². The Hall–Kier alpha value is -3.68. The highest BCUT2D eigenvalue weighted by Gasteiger charge is 2.29. The Morgan fingerprint density at radius 1 is 0.969 bits per heavy atom. The molecule has 1 fully saturated rings. The van der Waals surface area contributed by atoms with Gasteiger partial charge in [0.1, 0.15) is 18.2 Å². The molecule has 0 N–H and O–H groups in total. The van der Waals surface area contributed by atoms with Crippen LogP contribution in [0.4, 0.5) is 8.78 Å². The first-order valence-electron chi connectivity index (χ1n) is 10.3. The van der Waals surface area contributed by atoms with Gasteiger partial charge >= 0.3 is 0 Å². The molecule has 0 atom stereocenters. The molecule has 0 radical (unpaired) electrons. The number of carbonyl (C=O) groups excluding carboxylic acids is 2. The van der Waals surface area contributed by atoms with Crippen molar-refractivity contribution in [3.8, 4) is 11.3 Å². The lowest BCUT2D eigenvalue weighted by Crippen LogP contribution is -2.43. The Morgan fingerprint density at radius 2 is 1.69 bits per heavy atom. The molecule has 1 saturated heterocycles. The van der Waals surface area contributed by atoms with Crippen LogP contribution in [0.15, 0.2) is 65.5 Å². The summed E-state index contributed by atoms with van der Waals surface area (Å²) in [5, 5.41) is 4.30. The zero-order valence-electron chi connectivity index (χ0n) is 17.2. The normalized spacial score (nSPS) is 14.4. The van der Waals surface area contributed by atoms with Crippen LogP contribution in [0, 0.1) is 17.6 Å². The number of hydrogen-bond donors (Lipinski definition) is 0. The fraction of sp³-hybridized carbons (Fsp3) is 0.250. The van der Waals surface area contributed by atoms with Crippen LogP contribution in [-0.4, -0.2) is 39.5 Å². The van der Waals surface area contributed by atoms with Gasteiger partial charge in [0.2, 0.25) is 5.91 Å². The zero-order chi connectivity index (χ0) is 22.7. The van der Waals surface area contributed by atoms with Crippen molar-refractivity contribution in [2.24, 2.45) is 5.92 Å². The molecule has 0 aliphatic carbocycles. The van der Waals surface area contributed by atoms with Crippen LogP contribution in [-0.2, 0) is 11.3 Å². The molecule has 1 aliphatic heterocycles. The summed E-state index contributed by atoms with van der Waals surface area (Å²) in [6.07, 6.45) is 0.680. The molecule has 0 bridgehead atoms. The van der Waals surface area contributed by atoms with E-state index in [1.54, 1.807) is 11.0 Å². The smallest absolute Gasteiger partial charge is 0.267 e. The number of carbonyl (C=O) groups is 2. The van der Waals surface area contributed by atoms with Gasteiger partial charge in [-0.15, -0.1) is 0 Å². The molecule has 1 aromatic heterocycles. The summed E-state index contributed by atoms with van der Waals surface area (Å²) in [6, 6.07) is 15.1. The van der Waals surface area contributed by atoms with Crippen molar-refractivity contribution in [2.45, 2.75) is 19.4 Å². The van der Waals surface area contributed by atoms with Crippen LogP contribution in [0.1, 0.15) is 23.2 Å². The first kappa shape index (κ1) is 21.5. The summed E-state index contributed by atoms with van der Waals surface area (Å²) in [6.45, 7) is 0.370. The van der Waals surface area contributed by atoms with E-state index in [0.717, 1.165) is 28.4 Å². The van der Waals surface area contributed by atoms with E-state index < -0.39 is 23.3 Å². The van der Waals surface area contributed by atoms with Gasteiger partial charge in [0.05, 0.1) is 11.3 Å². The summed E-state index contributed by atoms with van der Waals surface area (Å²) in [4.78, 5) is 39.1. The van der Waals surface area contributed by atoms with E-state index in [-0.39, 0.29) is 23.6 Å². The second-order valence-electron chi connectivity index (χ2n) is 7.72. The van der Waals surface area contributed by atoms with E-state index >= 15 is 0 Å². The van der Waals surface area contributed by atoms with E-state index in [1.807, 2.05) is 30.3 Å². The van der Waals surface area contributed by atoms with Crippen LogP contribution in [0.3, 0.4) is 0 Å². The van der Waals surface area contributed by atoms with Crippen molar-refractivity contribution < 1.29 is 18.4 Å². The van der Waals surface area contributed by atoms with Crippen LogP contribution >= 0.6 is 0 Å². The number of piperidine rings is 1. The number of Topliss-reactive ketones (excluding diaryl/α,β-unsaturated/α-hetero) is 1. The summed E-state index contributed by atoms with van der Waals surface area (Å²) in [5.41, 5.74) is 0.768. The maximum absolute atomic E-state index is 13.9. The largest absolute Gasteiger partial charge is 0.341 e. The molecule has 1 aliphatic rings. The minimum atomic E-state index is -0.751. The number of likely N-dealkylation sites (tertiary alicyclic amines) is 1. The average Bonchev–Trinajstić information content (AvgIpc) is 2.82. The van der Waals surface area contributed by atoms with E-state index in [0.29, 0.717) is 31.6 Å². The molecule has 8 heteroatoms. The van der Waals surface area contributed by atoms with Crippen LogP contribution in [0.5, 0.6) is 0 Å². The number of benzene rings is 2. The number of hydrogen-bond acceptors (Lipinski definition) is 4. The Morgan fingerprint density at radius 3 is 2.41 bits per heavy atom. The van der Waals surface area contributed by atoms with Gasteiger partial charge in [-0.2, -0.15) is 5.10 Å². The highest BCUT2D eigenvalue weighted by Crippen LogP contribution is 2.24. The fourth-order valence-corrected chi connectivity index (χ4v) is 3.85. The summed E-state index contributed by atoms with van der Waals surface area (Å²) >= 11 is 0. The van der Waals surface area contributed by atoms with Gasteiger partial charge in [-0.05, 0) is 37.1 Å². The molecule has 0 spiro atoms. The second-order valence-corrected chi connectivity index (χ2v) is 7.72. The number of amides is 1. The van der Waals surface area contributed by atoms with Gasteiger partial charge in [-0.1, -0.05) is 30.3 Å². The van der Waals surface area contributed by atoms with E-state index in [4.69, 9.17) is 0 Å². The summed E-state index contributed by atoms with van der Waals surface area (Å²) in [7, 11) is 0. The molecule has 1 amide bonds. The van der Waals surface area contributed by atoms with Gasteiger partial charge in [-0.25, -0.2) is 13.5 Å². The minimum absolute atomic E-state index is 0.212. The summed E-state index contributed by atoms with van der Waals surface area (Å²) in [5.74, 6) is -2.65. The lowest BCUT2D eigenvalue weighted by molar-refractivity contribution is -0.133. The molecule has 6 nitrogen and oxygen atoms in total. The van der Waals surface area contributed by atoms with E-state index in [9.17, 15) is 23.2 Å². The molecule has 32 heavy (non-hydrogen) atoms. The molecular formula is C24H21F2N3O3. The number of halogens is 2. The molecule has 2 aromatic carbocycles. The maximum Gasteiger partial charge on any atom is 0.267 e. The van der Waals surface area contributed by atoms with Gasteiger partial charge in [-0.3, -0.25) is 14.4 Å². The lowest BCUT2D eigenvalue weighted by Gasteiger charge is -2.31. The Kier molecular flexibility index (Phi) is 6.20. The van der Waals surface area contributed by atoms with Crippen molar-refractivity contribution in [3.05, 3.63) is 88.2 Å². The molecule has 3 aromatic rings. The first-order valence-corrected chi connectivity index (χ1v) is 10.3. The predicted molar refractivity (Wildman–Crippen MR) is 114 cm³/mol. The molecule has 164 valence electrons. The molecule has 2 heterocycles. The molecule has 4 rings (SSSR count). The third-order valence-corrected chi connectivity index (χ3v) is 5.63. The Balaban J connectivity index is 1.40. The standard InChI is InChI=1S/C24H21F2N3O3/c25-18-6-7-20(26)19(14-18)24(32)17-10-12-28(13-11-17)23(31)15-29-22(30)9-8-21(27-29)16-4-2-1-3-5-16/h1-9,14,17H,10-13,15H2. The zero-order valence-corrected chi connectivity index (χ0v) is 17.2. The highest BCUT2D eigenvalue weighted by molar-refractivity contribution is 5.98. The second kappa shape index (κ2) is 9.21.